The van der Waals surface area contributed by atoms with Crippen molar-refractivity contribution in [1.82, 2.24) is 9.97 Å². The molecule has 0 amide bonds. The SMILES string of the molecule is c1ccc(C2C(c3ccc4ccccc4n3)C(c3ccccc3)C2c2ccc3ccccc3n2)cc1. The molecule has 0 radical (unpaired) electrons. The molecule has 0 aliphatic heterocycles. The maximum Gasteiger partial charge on any atom is 0.0705 e. The van der Waals surface area contributed by atoms with Gasteiger partial charge in [0, 0.05) is 45.8 Å². The molecule has 1 fully saturated rings. The van der Waals surface area contributed by atoms with Crippen molar-refractivity contribution in [3.63, 3.8) is 0 Å². The van der Waals surface area contributed by atoms with Gasteiger partial charge in [-0.3, -0.25) is 9.97 Å². The summed E-state index contributed by atoms with van der Waals surface area (Å²) in [5, 5.41) is 2.36. The summed E-state index contributed by atoms with van der Waals surface area (Å²) in [6.45, 7) is 0. The molecule has 1 aliphatic carbocycles. The van der Waals surface area contributed by atoms with E-state index in [0.29, 0.717) is 11.8 Å². The molecule has 1 aliphatic rings. The van der Waals surface area contributed by atoms with E-state index in [9.17, 15) is 0 Å². The second kappa shape index (κ2) is 8.73. The first-order valence-electron chi connectivity index (χ1n) is 12.7. The third kappa shape index (κ3) is 3.49. The smallest absolute Gasteiger partial charge is 0.0705 e. The zero-order chi connectivity index (χ0) is 23.9. The summed E-state index contributed by atoms with van der Waals surface area (Å²) >= 11 is 0. The fraction of sp³-hybridized carbons (Fsp3) is 0.118. The van der Waals surface area contributed by atoms with Crippen LogP contribution in [0.4, 0.5) is 0 Å². The highest BCUT2D eigenvalue weighted by molar-refractivity contribution is 5.79. The lowest BCUT2D eigenvalue weighted by atomic mass is 9.50. The van der Waals surface area contributed by atoms with Crippen molar-refractivity contribution < 1.29 is 0 Å². The number of benzene rings is 4. The van der Waals surface area contributed by atoms with Gasteiger partial charge in [0.1, 0.15) is 0 Å². The largest absolute Gasteiger partial charge is 0.253 e. The van der Waals surface area contributed by atoms with Crippen molar-refractivity contribution >= 4 is 21.8 Å². The Bertz CT molecular complexity index is 1520. The van der Waals surface area contributed by atoms with Gasteiger partial charge in [0.2, 0.25) is 0 Å². The molecule has 0 unspecified atom stereocenters. The van der Waals surface area contributed by atoms with Gasteiger partial charge in [-0.25, -0.2) is 0 Å². The number of aromatic nitrogens is 2. The Balaban J connectivity index is 1.43. The van der Waals surface area contributed by atoms with Gasteiger partial charge in [0.15, 0.2) is 0 Å². The molecule has 2 heterocycles. The quantitative estimate of drug-likeness (QED) is 0.264. The predicted octanol–water partition coefficient (Wildman–Crippen LogP) is 8.23. The lowest BCUT2D eigenvalue weighted by Gasteiger charge is -2.52. The van der Waals surface area contributed by atoms with Crippen molar-refractivity contribution in [3.05, 3.63) is 156 Å². The number of hydrogen-bond acceptors (Lipinski definition) is 2. The maximum atomic E-state index is 5.21. The topological polar surface area (TPSA) is 25.8 Å². The normalized spacial score (nSPS) is 21.3. The third-order valence-corrected chi connectivity index (χ3v) is 7.84. The zero-order valence-corrected chi connectivity index (χ0v) is 19.9. The number of rotatable bonds is 4. The highest BCUT2D eigenvalue weighted by atomic mass is 14.8. The number of pyridine rings is 2. The molecule has 0 spiro atoms. The molecule has 172 valence electrons. The van der Waals surface area contributed by atoms with Crippen LogP contribution in [0.2, 0.25) is 0 Å². The van der Waals surface area contributed by atoms with Crippen molar-refractivity contribution in [2.75, 3.05) is 0 Å². The van der Waals surface area contributed by atoms with E-state index < -0.39 is 0 Å². The third-order valence-electron chi connectivity index (χ3n) is 7.84. The van der Waals surface area contributed by atoms with E-state index >= 15 is 0 Å². The fourth-order valence-electron chi connectivity index (χ4n) is 6.20. The average molecular weight is 463 g/mol. The van der Waals surface area contributed by atoms with Crippen LogP contribution in [-0.2, 0) is 0 Å². The Morgan fingerprint density at radius 2 is 0.722 bits per heavy atom. The summed E-state index contributed by atoms with van der Waals surface area (Å²) < 4.78 is 0. The minimum atomic E-state index is 0.262. The van der Waals surface area contributed by atoms with E-state index in [-0.39, 0.29) is 11.8 Å². The molecule has 0 N–H and O–H groups in total. The van der Waals surface area contributed by atoms with Gasteiger partial charge in [0.05, 0.1) is 11.0 Å². The number of para-hydroxylation sites is 2. The second-order valence-corrected chi connectivity index (χ2v) is 9.78. The van der Waals surface area contributed by atoms with E-state index in [2.05, 4.69) is 133 Å². The van der Waals surface area contributed by atoms with Crippen molar-refractivity contribution in [3.8, 4) is 0 Å². The standard InChI is InChI=1S/C34H26N2/c1-3-13-25(14-4-1)31-33(29-21-19-23-11-7-9-17-27(23)35-29)32(26-15-5-2-6-16-26)34(31)30-22-20-24-12-8-10-18-28(24)36-30/h1-22,31-34H. The van der Waals surface area contributed by atoms with E-state index in [1.807, 2.05) is 0 Å². The first-order chi connectivity index (χ1) is 17.9. The molecule has 36 heavy (non-hydrogen) atoms. The lowest BCUT2D eigenvalue weighted by Crippen LogP contribution is -2.41. The molecule has 2 nitrogen and oxygen atoms in total. The Morgan fingerprint density at radius 3 is 1.17 bits per heavy atom. The molecule has 7 rings (SSSR count). The van der Waals surface area contributed by atoms with Crippen LogP contribution in [0.3, 0.4) is 0 Å². The van der Waals surface area contributed by atoms with E-state index in [4.69, 9.17) is 9.97 Å². The Morgan fingerprint density at radius 1 is 0.333 bits per heavy atom. The Kier molecular flexibility index (Phi) is 5.10. The fourth-order valence-corrected chi connectivity index (χ4v) is 6.20. The highest BCUT2D eigenvalue weighted by Gasteiger charge is 2.54. The molecular formula is C34H26N2. The van der Waals surface area contributed by atoms with E-state index in [1.54, 1.807) is 0 Å². The molecule has 0 bridgehead atoms. The Hall–Kier alpha value is -4.30. The maximum absolute atomic E-state index is 5.21. The predicted molar refractivity (Wildman–Crippen MR) is 147 cm³/mol. The molecule has 6 aromatic rings. The van der Waals surface area contributed by atoms with Crippen LogP contribution in [0.1, 0.15) is 46.2 Å². The zero-order valence-electron chi connectivity index (χ0n) is 19.9. The summed E-state index contributed by atoms with van der Waals surface area (Å²) in [6.07, 6.45) is 0. The van der Waals surface area contributed by atoms with Gasteiger partial charge in [-0.05, 0) is 35.4 Å². The molecule has 2 aromatic heterocycles. The van der Waals surface area contributed by atoms with Gasteiger partial charge in [-0.15, -0.1) is 0 Å². The van der Waals surface area contributed by atoms with E-state index in [1.165, 1.54) is 21.9 Å². The van der Waals surface area contributed by atoms with E-state index in [0.717, 1.165) is 22.4 Å². The summed E-state index contributed by atoms with van der Waals surface area (Å²) in [5.74, 6) is 1.10. The van der Waals surface area contributed by atoms with Crippen molar-refractivity contribution in [2.45, 2.75) is 23.7 Å². The number of hydrogen-bond donors (Lipinski definition) is 0. The summed E-state index contributed by atoms with van der Waals surface area (Å²) in [6, 6.07) is 47.6. The minimum absolute atomic E-state index is 0.262. The summed E-state index contributed by atoms with van der Waals surface area (Å²) in [7, 11) is 0. The summed E-state index contributed by atoms with van der Waals surface area (Å²) in [4.78, 5) is 10.4. The summed E-state index contributed by atoms with van der Waals surface area (Å²) in [5.41, 5.74) is 7.14. The minimum Gasteiger partial charge on any atom is -0.253 e. The molecule has 1 saturated carbocycles. The molecule has 0 atom stereocenters. The molecule has 0 saturated heterocycles. The van der Waals surface area contributed by atoms with Gasteiger partial charge in [-0.1, -0.05) is 109 Å². The molecule has 2 heteroatoms. The lowest BCUT2D eigenvalue weighted by molar-refractivity contribution is 0.221. The van der Waals surface area contributed by atoms with Crippen LogP contribution in [0.15, 0.2) is 133 Å². The van der Waals surface area contributed by atoms with Crippen molar-refractivity contribution in [1.29, 1.82) is 0 Å². The van der Waals surface area contributed by atoms with Gasteiger partial charge >= 0.3 is 0 Å². The van der Waals surface area contributed by atoms with Gasteiger partial charge in [0.25, 0.3) is 0 Å². The average Bonchev–Trinajstić information content (AvgIpc) is 2.94. The van der Waals surface area contributed by atoms with Gasteiger partial charge in [-0.2, -0.15) is 0 Å². The number of nitrogens with zero attached hydrogens (tertiary/aromatic N) is 2. The van der Waals surface area contributed by atoms with Crippen LogP contribution < -0.4 is 0 Å². The van der Waals surface area contributed by atoms with Crippen LogP contribution >= 0.6 is 0 Å². The van der Waals surface area contributed by atoms with Crippen LogP contribution in [0.5, 0.6) is 0 Å². The second-order valence-electron chi connectivity index (χ2n) is 9.78. The highest BCUT2D eigenvalue weighted by Crippen LogP contribution is 2.66. The van der Waals surface area contributed by atoms with Crippen LogP contribution in [0, 0.1) is 0 Å². The monoisotopic (exact) mass is 462 g/mol. The van der Waals surface area contributed by atoms with Crippen LogP contribution in [0.25, 0.3) is 21.8 Å². The van der Waals surface area contributed by atoms with Crippen molar-refractivity contribution in [2.24, 2.45) is 0 Å². The molecule has 4 aromatic carbocycles. The molecular weight excluding hydrogens is 436 g/mol. The first kappa shape index (κ1) is 21.0. The Labute approximate surface area is 211 Å². The first-order valence-corrected chi connectivity index (χ1v) is 12.7. The van der Waals surface area contributed by atoms with Crippen LogP contribution in [-0.4, -0.2) is 9.97 Å². The number of fused-ring (bicyclic) bond motifs is 2. The van der Waals surface area contributed by atoms with Gasteiger partial charge < -0.3 is 0 Å².